The van der Waals surface area contributed by atoms with Crippen LogP contribution in [0.4, 0.5) is 0 Å². The zero-order valence-corrected chi connectivity index (χ0v) is 16.3. The largest absolute Gasteiger partial charge is 0.493 e. The maximum Gasteiger partial charge on any atom is 0.329 e. The van der Waals surface area contributed by atoms with Crippen molar-refractivity contribution in [3.05, 3.63) is 56.5 Å². The number of hydrogen-bond donors (Lipinski definition) is 1. The summed E-state index contributed by atoms with van der Waals surface area (Å²) in [6, 6.07) is 7.07. The number of nitrogens with one attached hydrogen (secondary N) is 1. The first-order valence-corrected chi connectivity index (χ1v) is 9.02. The number of carbonyl (C=O) groups excluding carboxylic acids is 1. The van der Waals surface area contributed by atoms with Gasteiger partial charge in [-0.1, -0.05) is 17.7 Å². The molecule has 28 heavy (non-hydrogen) atoms. The van der Waals surface area contributed by atoms with Crippen LogP contribution in [0, 0.1) is 0 Å². The molecule has 0 unspecified atom stereocenters. The Morgan fingerprint density at radius 1 is 1.25 bits per heavy atom. The molecule has 0 aliphatic rings. The number of hydrogen-bond acceptors (Lipinski definition) is 5. The number of fused-ring (bicyclic) bond motifs is 1. The minimum atomic E-state index is -0.440. The predicted octanol–water partition coefficient (Wildman–Crippen LogP) is 0.672. The quantitative estimate of drug-likeness (QED) is 0.582. The molecule has 0 spiro atoms. The lowest BCUT2D eigenvalue weighted by molar-refractivity contribution is -0.121. The van der Waals surface area contributed by atoms with E-state index >= 15 is 0 Å². The minimum absolute atomic E-state index is 0.165. The third-order valence-electron chi connectivity index (χ3n) is 4.24. The van der Waals surface area contributed by atoms with Crippen LogP contribution in [0.5, 0.6) is 5.75 Å². The van der Waals surface area contributed by atoms with E-state index in [1.54, 1.807) is 31.3 Å². The molecule has 0 aliphatic heterocycles. The molecule has 2 aromatic heterocycles. The first-order valence-electron chi connectivity index (χ1n) is 8.64. The molecule has 10 heteroatoms. The first kappa shape index (κ1) is 19.7. The number of nitrogens with zero attached hydrogens (tertiary/aromatic N) is 4. The van der Waals surface area contributed by atoms with Crippen LogP contribution < -0.4 is 21.3 Å². The summed E-state index contributed by atoms with van der Waals surface area (Å²) in [7, 11) is 3.04. The Morgan fingerprint density at radius 2 is 2.04 bits per heavy atom. The summed E-state index contributed by atoms with van der Waals surface area (Å²) in [6.45, 7) is 0.633. The van der Waals surface area contributed by atoms with E-state index in [0.29, 0.717) is 30.3 Å². The van der Waals surface area contributed by atoms with E-state index in [0.717, 1.165) is 0 Å². The van der Waals surface area contributed by atoms with Crippen molar-refractivity contribution in [2.24, 2.45) is 14.1 Å². The molecular weight excluding hydrogens is 386 g/mol. The van der Waals surface area contributed by atoms with Gasteiger partial charge >= 0.3 is 5.69 Å². The zero-order valence-electron chi connectivity index (χ0n) is 15.5. The highest BCUT2D eigenvalue weighted by Crippen LogP contribution is 2.16. The number of benzene rings is 1. The molecule has 0 atom stereocenters. The van der Waals surface area contributed by atoms with Crippen molar-refractivity contribution in [3.8, 4) is 5.75 Å². The van der Waals surface area contributed by atoms with Crippen LogP contribution in [-0.4, -0.2) is 37.7 Å². The summed E-state index contributed by atoms with van der Waals surface area (Å²) in [5.41, 5.74) is -0.337. The molecule has 3 aromatic rings. The average molecular weight is 406 g/mol. The Labute approximate surface area is 165 Å². The van der Waals surface area contributed by atoms with Gasteiger partial charge in [0.2, 0.25) is 5.91 Å². The van der Waals surface area contributed by atoms with Crippen LogP contribution in [0.15, 0.2) is 40.2 Å². The van der Waals surface area contributed by atoms with Gasteiger partial charge in [-0.15, -0.1) is 0 Å². The van der Waals surface area contributed by atoms with Gasteiger partial charge in [0.1, 0.15) is 18.6 Å². The molecule has 0 saturated heterocycles. The summed E-state index contributed by atoms with van der Waals surface area (Å²) in [6.07, 6.45) is 1.86. The molecule has 1 amide bonds. The van der Waals surface area contributed by atoms with Gasteiger partial charge < -0.3 is 10.1 Å². The second-order valence-corrected chi connectivity index (χ2v) is 6.70. The summed E-state index contributed by atoms with van der Waals surface area (Å²) in [4.78, 5) is 40.7. The second kappa shape index (κ2) is 8.30. The van der Waals surface area contributed by atoms with Crippen LogP contribution in [0.25, 0.3) is 11.2 Å². The van der Waals surface area contributed by atoms with Gasteiger partial charge in [-0.25, -0.2) is 9.78 Å². The normalized spacial score (nSPS) is 11.0. The van der Waals surface area contributed by atoms with Crippen LogP contribution in [0.1, 0.15) is 6.42 Å². The van der Waals surface area contributed by atoms with Crippen LogP contribution in [0.3, 0.4) is 0 Å². The van der Waals surface area contributed by atoms with E-state index in [9.17, 15) is 14.4 Å². The van der Waals surface area contributed by atoms with Crippen LogP contribution >= 0.6 is 11.6 Å². The molecule has 2 heterocycles. The van der Waals surface area contributed by atoms with Crippen LogP contribution in [0.2, 0.25) is 5.02 Å². The number of rotatable bonds is 7. The van der Waals surface area contributed by atoms with Crippen molar-refractivity contribution in [3.63, 3.8) is 0 Å². The van der Waals surface area contributed by atoms with Crippen molar-refractivity contribution in [1.82, 2.24) is 24.0 Å². The SMILES string of the molecule is Cn1c(=O)n(C)c2c(=O)n(CC(=O)NCCCOc3cccc(Cl)c3)cnc21. The van der Waals surface area contributed by atoms with Gasteiger partial charge in [0, 0.05) is 25.7 Å². The molecule has 0 bridgehead atoms. The Hall–Kier alpha value is -3.07. The Kier molecular flexibility index (Phi) is 5.84. The standard InChI is InChI=1S/C18H20ClN5O4/c1-22-15-16(23(2)18(22)27)21-11-24(17(15)26)10-14(25)20-7-4-8-28-13-6-3-5-12(19)9-13/h3,5-6,9,11H,4,7-8,10H2,1-2H3,(H,20,25). The average Bonchev–Trinajstić information content (AvgIpc) is 2.88. The van der Waals surface area contributed by atoms with Crippen molar-refractivity contribution in [1.29, 1.82) is 0 Å². The number of amides is 1. The number of carbonyl (C=O) groups is 1. The van der Waals surface area contributed by atoms with E-state index in [2.05, 4.69) is 10.3 Å². The predicted molar refractivity (Wildman–Crippen MR) is 105 cm³/mol. The molecule has 0 aliphatic carbocycles. The minimum Gasteiger partial charge on any atom is -0.493 e. The maximum absolute atomic E-state index is 12.6. The highest BCUT2D eigenvalue weighted by atomic mass is 35.5. The van der Waals surface area contributed by atoms with Crippen molar-refractivity contribution >= 4 is 28.7 Å². The first-order chi connectivity index (χ1) is 13.4. The monoisotopic (exact) mass is 405 g/mol. The Bertz CT molecular complexity index is 1130. The van der Waals surface area contributed by atoms with E-state index in [4.69, 9.17) is 16.3 Å². The second-order valence-electron chi connectivity index (χ2n) is 6.26. The third-order valence-corrected chi connectivity index (χ3v) is 4.48. The molecule has 0 saturated carbocycles. The van der Waals surface area contributed by atoms with Crippen LogP contribution in [-0.2, 0) is 25.4 Å². The molecule has 0 fully saturated rings. The molecule has 1 N–H and O–H groups in total. The van der Waals surface area contributed by atoms with Gasteiger partial charge in [0.15, 0.2) is 11.2 Å². The lowest BCUT2D eigenvalue weighted by Crippen LogP contribution is -2.34. The summed E-state index contributed by atoms with van der Waals surface area (Å²) in [5.74, 6) is 0.338. The molecule has 0 radical (unpaired) electrons. The fourth-order valence-corrected chi connectivity index (χ4v) is 2.97. The van der Waals surface area contributed by atoms with E-state index in [-0.39, 0.29) is 29.3 Å². The van der Waals surface area contributed by atoms with Gasteiger partial charge in [0.05, 0.1) is 6.61 Å². The lowest BCUT2D eigenvalue weighted by Gasteiger charge is -2.09. The number of halogens is 1. The molecule has 3 rings (SSSR count). The number of aryl methyl sites for hydroxylation is 2. The Balaban J connectivity index is 1.54. The lowest BCUT2D eigenvalue weighted by atomic mass is 10.3. The highest BCUT2D eigenvalue weighted by molar-refractivity contribution is 6.30. The van der Waals surface area contributed by atoms with E-state index in [1.807, 2.05) is 0 Å². The van der Waals surface area contributed by atoms with Crippen molar-refractivity contribution in [2.45, 2.75) is 13.0 Å². The summed E-state index contributed by atoms with van der Waals surface area (Å²) in [5, 5.41) is 3.32. The topological polar surface area (TPSA) is 100 Å². The van der Waals surface area contributed by atoms with Crippen molar-refractivity contribution in [2.75, 3.05) is 13.2 Å². The van der Waals surface area contributed by atoms with Gasteiger partial charge in [0.25, 0.3) is 5.56 Å². The fourth-order valence-electron chi connectivity index (χ4n) is 2.79. The Morgan fingerprint density at radius 3 is 2.79 bits per heavy atom. The summed E-state index contributed by atoms with van der Waals surface area (Å²) >= 11 is 5.88. The molecule has 148 valence electrons. The molecule has 9 nitrogen and oxygen atoms in total. The van der Waals surface area contributed by atoms with E-state index in [1.165, 1.54) is 27.1 Å². The zero-order chi connectivity index (χ0) is 20.3. The van der Waals surface area contributed by atoms with Gasteiger partial charge in [-0.3, -0.25) is 23.3 Å². The van der Waals surface area contributed by atoms with E-state index < -0.39 is 5.56 Å². The van der Waals surface area contributed by atoms with Gasteiger partial charge in [-0.05, 0) is 24.6 Å². The third kappa shape index (κ3) is 4.09. The van der Waals surface area contributed by atoms with Gasteiger partial charge in [-0.2, -0.15) is 0 Å². The highest BCUT2D eigenvalue weighted by Gasteiger charge is 2.15. The number of imidazole rings is 1. The summed E-state index contributed by atoms with van der Waals surface area (Å²) < 4.78 is 9.25. The number of aromatic nitrogens is 4. The number of ether oxygens (including phenoxy) is 1. The smallest absolute Gasteiger partial charge is 0.329 e. The molecule has 1 aromatic carbocycles. The van der Waals surface area contributed by atoms with Crippen molar-refractivity contribution < 1.29 is 9.53 Å². The fraction of sp³-hybridized carbons (Fsp3) is 0.333. The molecular formula is C18H20ClN5O4. The maximum atomic E-state index is 12.6.